The van der Waals surface area contributed by atoms with Crippen molar-refractivity contribution in [1.82, 2.24) is 5.32 Å². The molecule has 1 aliphatic heterocycles. The van der Waals surface area contributed by atoms with Crippen LogP contribution in [0.1, 0.15) is 19.1 Å². The molecule has 7 nitrogen and oxygen atoms in total. The van der Waals surface area contributed by atoms with Gasteiger partial charge < -0.3 is 20.0 Å². The second-order valence-electron chi connectivity index (χ2n) is 5.93. The topological polar surface area (TPSA) is 91.7 Å². The van der Waals surface area contributed by atoms with Crippen LogP contribution in [0.5, 0.6) is 0 Å². The van der Waals surface area contributed by atoms with E-state index in [-0.39, 0.29) is 24.1 Å². The molecule has 0 saturated carbocycles. The van der Waals surface area contributed by atoms with E-state index in [2.05, 4.69) is 10.6 Å². The molecule has 25 heavy (non-hydrogen) atoms. The monoisotopic (exact) mass is 341 g/mol. The lowest BCUT2D eigenvalue weighted by atomic mass is 10.1. The molecular formula is C18H19N3O4. The zero-order chi connectivity index (χ0) is 17.8. The van der Waals surface area contributed by atoms with Crippen LogP contribution >= 0.6 is 0 Å². The summed E-state index contributed by atoms with van der Waals surface area (Å²) in [6.45, 7) is 2.08. The number of nitrogens with zero attached hydrogens (tertiary/aromatic N) is 1. The first-order chi connectivity index (χ1) is 12.0. The zero-order valence-electron chi connectivity index (χ0n) is 13.8. The summed E-state index contributed by atoms with van der Waals surface area (Å²) in [4.78, 5) is 37.1. The lowest BCUT2D eigenvalue weighted by Crippen LogP contribution is -2.32. The number of hydrogen-bond donors (Lipinski definition) is 2. The van der Waals surface area contributed by atoms with Crippen molar-refractivity contribution in [1.29, 1.82) is 0 Å². The van der Waals surface area contributed by atoms with E-state index in [9.17, 15) is 14.4 Å². The Kier molecular flexibility index (Phi) is 4.83. The maximum Gasteiger partial charge on any atom is 0.227 e. The Morgan fingerprint density at radius 1 is 1.24 bits per heavy atom. The number of furan rings is 1. The molecule has 0 unspecified atom stereocenters. The summed E-state index contributed by atoms with van der Waals surface area (Å²) in [5, 5.41) is 5.47. The first-order valence-electron chi connectivity index (χ1n) is 8.01. The van der Waals surface area contributed by atoms with Crippen LogP contribution in [-0.4, -0.2) is 24.3 Å². The van der Waals surface area contributed by atoms with Crippen LogP contribution < -0.4 is 15.5 Å². The fraction of sp³-hybridized carbons (Fsp3) is 0.278. The van der Waals surface area contributed by atoms with Crippen molar-refractivity contribution in [3.63, 3.8) is 0 Å². The molecule has 2 N–H and O–H groups in total. The summed E-state index contributed by atoms with van der Waals surface area (Å²) >= 11 is 0. The Morgan fingerprint density at radius 3 is 2.64 bits per heavy atom. The lowest BCUT2D eigenvalue weighted by molar-refractivity contribution is -0.126. The highest BCUT2D eigenvalue weighted by Crippen LogP contribution is 2.26. The molecule has 3 rings (SSSR count). The minimum Gasteiger partial charge on any atom is -0.467 e. The van der Waals surface area contributed by atoms with Gasteiger partial charge in [0.2, 0.25) is 17.7 Å². The average molecular weight is 341 g/mol. The molecule has 0 aliphatic carbocycles. The number of carbonyl (C=O) groups is 3. The quantitative estimate of drug-likeness (QED) is 0.869. The lowest BCUT2D eigenvalue weighted by Gasteiger charge is -2.17. The van der Waals surface area contributed by atoms with Crippen LogP contribution in [0.3, 0.4) is 0 Å². The van der Waals surface area contributed by atoms with Gasteiger partial charge in [0.1, 0.15) is 5.76 Å². The standard InChI is InChI=1S/C18H19N3O4/c1-12(22)20-14-4-6-15(7-5-14)21-11-13(9-17(21)23)18(24)19-10-16-3-2-8-25-16/h2-8,13H,9-11H2,1H3,(H,19,24)(H,20,22)/t13-/m0/s1. The number of hydrogen-bond acceptors (Lipinski definition) is 4. The van der Waals surface area contributed by atoms with Crippen LogP contribution in [0.25, 0.3) is 0 Å². The van der Waals surface area contributed by atoms with E-state index in [4.69, 9.17) is 4.42 Å². The van der Waals surface area contributed by atoms with Gasteiger partial charge in [-0.15, -0.1) is 0 Å². The van der Waals surface area contributed by atoms with Crippen molar-refractivity contribution in [3.8, 4) is 0 Å². The van der Waals surface area contributed by atoms with Crippen molar-refractivity contribution in [2.45, 2.75) is 19.9 Å². The molecular weight excluding hydrogens is 322 g/mol. The third-order valence-corrected chi connectivity index (χ3v) is 4.01. The Hall–Kier alpha value is -3.09. The summed E-state index contributed by atoms with van der Waals surface area (Å²) in [6.07, 6.45) is 1.73. The van der Waals surface area contributed by atoms with E-state index >= 15 is 0 Å². The molecule has 1 aliphatic rings. The van der Waals surface area contributed by atoms with Crippen molar-refractivity contribution in [3.05, 3.63) is 48.4 Å². The van der Waals surface area contributed by atoms with E-state index in [1.165, 1.54) is 6.92 Å². The second-order valence-corrected chi connectivity index (χ2v) is 5.93. The van der Waals surface area contributed by atoms with Gasteiger partial charge in [-0.3, -0.25) is 14.4 Å². The maximum atomic E-state index is 12.3. The number of benzene rings is 1. The summed E-state index contributed by atoms with van der Waals surface area (Å²) in [6, 6.07) is 10.5. The van der Waals surface area contributed by atoms with Crippen molar-refractivity contribution in [2.75, 3.05) is 16.8 Å². The molecule has 3 amide bonds. The van der Waals surface area contributed by atoms with Gasteiger partial charge in [-0.2, -0.15) is 0 Å². The Bertz CT molecular complexity index is 768. The average Bonchev–Trinajstić information content (AvgIpc) is 3.22. The Morgan fingerprint density at radius 2 is 2.00 bits per heavy atom. The van der Waals surface area contributed by atoms with Gasteiger partial charge in [0, 0.05) is 31.3 Å². The second kappa shape index (κ2) is 7.21. The van der Waals surface area contributed by atoms with Crippen LogP contribution in [0, 0.1) is 5.92 Å². The Labute approximate surface area is 145 Å². The summed E-state index contributed by atoms with van der Waals surface area (Å²) < 4.78 is 5.17. The van der Waals surface area contributed by atoms with Crippen LogP contribution in [-0.2, 0) is 20.9 Å². The third kappa shape index (κ3) is 4.06. The van der Waals surface area contributed by atoms with Gasteiger partial charge in [-0.25, -0.2) is 0 Å². The van der Waals surface area contributed by atoms with Crippen molar-refractivity contribution >= 4 is 29.1 Å². The third-order valence-electron chi connectivity index (χ3n) is 4.01. The van der Waals surface area contributed by atoms with Gasteiger partial charge in [0.05, 0.1) is 18.7 Å². The van der Waals surface area contributed by atoms with E-state index < -0.39 is 5.92 Å². The molecule has 130 valence electrons. The van der Waals surface area contributed by atoms with Crippen molar-refractivity contribution < 1.29 is 18.8 Å². The summed E-state index contributed by atoms with van der Waals surface area (Å²) in [5.74, 6) is -0.133. The van der Waals surface area contributed by atoms with Gasteiger partial charge in [-0.05, 0) is 36.4 Å². The molecule has 7 heteroatoms. The maximum absolute atomic E-state index is 12.3. The highest BCUT2D eigenvalue weighted by Gasteiger charge is 2.35. The van der Waals surface area contributed by atoms with Crippen LogP contribution in [0.2, 0.25) is 0 Å². The molecule has 1 fully saturated rings. The van der Waals surface area contributed by atoms with E-state index in [0.29, 0.717) is 30.2 Å². The molecule has 0 spiro atoms. The molecule has 1 aromatic heterocycles. The number of carbonyl (C=O) groups excluding carboxylic acids is 3. The van der Waals surface area contributed by atoms with E-state index in [1.807, 2.05) is 0 Å². The SMILES string of the molecule is CC(=O)Nc1ccc(N2C[C@@H](C(=O)NCc3ccco3)CC2=O)cc1. The van der Waals surface area contributed by atoms with Gasteiger partial charge in [0.15, 0.2) is 0 Å². The predicted octanol–water partition coefficient (Wildman–Crippen LogP) is 1.91. The molecule has 1 aromatic carbocycles. The molecule has 2 aromatic rings. The molecule has 1 atom stereocenters. The number of amides is 3. The van der Waals surface area contributed by atoms with Gasteiger partial charge in [-0.1, -0.05) is 0 Å². The van der Waals surface area contributed by atoms with E-state index in [1.54, 1.807) is 47.6 Å². The van der Waals surface area contributed by atoms with Crippen LogP contribution in [0.15, 0.2) is 47.1 Å². The number of nitrogens with one attached hydrogen (secondary N) is 2. The Balaban J connectivity index is 1.59. The van der Waals surface area contributed by atoms with Gasteiger partial charge in [0.25, 0.3) is 0 Å². The molecule has 2 heterocycles. The van der Waals surface area contributed by atoms with Gasteiger partial charge >= 0.3 is 0 Å². The summed E-state index contributed by atoms with van der Waals surface area (Å²) in [7, 11) is 0. The smallest absolute Gasteiger partial charge is 0.227 e. The predicted molar refractivity (Wildman–Crippen MR) is 91.8 cm³/mol. The van der Waals surface area contributed by atoms with Crippen LogP contribution in [0.4, 0.5) is 11.4 Å². The minimum atomic E-state index is -0.391. The first kappa shape index (κ1) is 16.8. The highest BCUT2D eigenvalue weighted by atomic mass is 16.3. The fourth-order valence-corrected chi connectivity index (χ4v) is 2.79. The largest absolute Gasteiger partial charge is 0.467 e. The number of rotatable bonds is 5. The zero-order valence-corrected chi connectivity index (χ0v) is 13.8. The van der Waals surface area contributed by atoms with Crippen molar-refractivity contribution in [2.24, 2.45) is 5.92 Å². The molecule has 1 saturated heterocycles. The summed E-state index contributed by atoms with van der Waals surface area (Å²) in [5.41, 5.74) is 1.37. The highest BCUT2D eigenvalue weighted by molar-refractivity contribution is 6.00. The van der Waals surface area contributed by atoms with E-state index in [0.717, 1.165) is 0 Å². The fourth-order valence-electron chi connectivity index (χ4n) is 2.79. The first-order valence-corrected chi connectivity index (χ1v) is 8.01. The minimum absolute atomic E-state index is 0.0922. The molecule has 0 bridgehead atoms. The normalized spacial score (nSPS) is 16.8. The molecule has 0 radical (unpaired) electrons. The number of anilines is 2.